The molecule has 0 bridgehead atoms. The maximum atomic E-state index is 13.7. The zero-order valence-corrected chi connectivity index (χ0v) is 28.2. The van der Waals surface area contributed by atoms with E-state index in [4.69, 9.17) is 0 Å². The fraction of sp³-hybridized carbons (Fsp3) is 0.590. The van der Waals surface area contributed by atoms with E-state index in [1.165, 1.54) is 24.5 Å². The Hall–Kier alpha value is -2.88. The molecule has 1 aliphatic rings. The molecule has 0 saturated carbocycles. The van der Waals surface area contributed by atoms with Gasteiger partial charge in [-0.3, -0.25) is 19.2 Å². The Balaban J connectivity index is 0.00000206. The number of hydrogen-bond donors (Lipinski definition) is 0. The number of Topliss-reactive ketones (excluding diaryl/α,β-unsaturated/α-hetero) is 4. The fourth-order valence-corrected chi connectivity index (χ4v) is 6.85. The zero-order chi connectivity index (χ0) is 32.1. The van der Waals surface area contributed by atoms with Gasteiger partial charge in [0.05, 0.1) is 6.42 Å². The molecule has 2 aromatic carbocycles. The van der Waals surface area contributed by atoms with Crippen LogP contribution in [0.1, 0.15) is 144 Å². The first-order valence-corrected chi connectivity index (χ1v) is 16.7. The molecule has 0 heterocycles. The molecule has 0 radical (unpaired) electrons. The number of benzene rings is 2. The summed E-state index contributed by atoms with van der Waals surface area (Å²) in [6.07, 6.45) is 7.65. The number of fused-ring (bicyclic) bond motifs is 1. The topological polar surface area (TPSA) is 68.3 Å². The van der Waals surface area contributed by atoms with E-state index in [9.17, 15) is 19.2 Å². The van der Waals surface area contributed by atoms with Crippen LogP contribution in [0.15, 0.2) is 36.4 Å². The SMILES string of the molecule is CCC.CCCC(CC1CC(=O)c2c(C)c(CCC(=O)Cc3ccccc3)cc(C(C)C)c2C1)C(CC)C(=O)CC(C)=O. The smallest absolute Gasteiger partial charge is 0.163 e. The van der Waals surface area contributed by atoms with Gasteiger partial charge in [-0.2, -0.15) is 0 Å². The lowest BCUT2D eigenvalue weighted by Crippen LogP contribution is -2.30. The molecule has 3 unspecified atom stereocenters. The Labute approximate surface area is 261 Å². The van der Waals surface area contributed by atoms with E-state index in [0.717, 1.165) is 54.4 Å². The first kappa shape index (κ1) is 36.3. The van der Waals surface area contributed by atoms with Crippen molar-refractivity contribution in [2.75, 3.05) is 0 Å². The maximum Gasteiger partial charge on any atom is 0.163 e. The van der Waals surface area contributed by atoms with Crippen molar-refractivity contribution < 1.29 is 19.2 Å². The van der Waals surface area contributed by atoms with Gasteiger partial charge in [0.15, 0.2) is 5.78 Å². The highest BCUT2D eigenvalue weighted by Crippen LogP contribution is 2.40. The second-order valence-electron chi connectivity index (χ2n) is 13.0. The van der Waals surface area contributed by atoms with E-state index in [1.807, 2.05) is 44.2 Å². The normalized spacial score (nSPS) is 15.7. The van der Waals surface area contributed by atoms with Crippen LogP contribution in [0.25, 0.3) is 0 Å². The molecule has 0 N–H and O–H groups in total. The summed E-state index contributed by atoms with van der Waals surface area (Å²) >= 11 is 0. The molecule has 0 fully saturated rings. The van der Waals surface area contributed by atoms with Crippen LogP contribution >= 0.6 is 0 Å². The molecule has 3 atom stereocenters. The summed E-state index contributed by atoms with van der Waals surface area (Å²) < 4.78 is 0. The number of ketones is 4. The van der Waals surface area contributed by atoms with Crippen LogP contribution in [-0.2, 0) is 33.6 Å². The number of aryl methyl sites for hydroxylation is 1. The molecular weight excluding hydrogens is 532 g/mol. The Morgan fingerprint density at radius 1 is 0.977 bits per heavy atom. The average molecular weight is 589 g/mol. The van der Waals surface area contributed by atoms with Gasteiger partial charge in [-0.05, 0) is 85.1 Å². The summed E-state index contributed by atoms with van der Waals surface area (Å²) in [6.45, 7) is 16.3. The van der Waals surface area contributed by atoms with Gasteiger partial charge in [-0.1, -0.05) is 97.2 Å². The summed E-state index contributed by atoms with van der Waals surface area (Å²) in [6, 6.07) is 12.1. The van der Waals surface area contributed by atoms with Crippen LogP contribution in [0.4, 0.5) is 0 Å². The largest absolute Gasteiger partial charge is 0.300 e. The van der Waals surface area contributed by atoms with Gasteiger partial charge < -0.3 is 0 Å². The van der Waals surface area contributed by atoms with E-state index in [-0.39, 0.29) is 53.2 Å². The van der Waals surface area contributed by atoms with Crippen LogP contribution in [0.2, 0.25) is 0 Å². The summed E-state index contributed by atoms with van der Waals surface area (Å²) in [7, 11) is 0. The number of hydrogen-bond acceptors (Lipinski definition) is 4. The van der Waals surface area contributed by atoms with Crippen molar-refractivity contribution in [3.8, 4) is 0 Å². The van der Waals surface area contributed by atoms with Crippen LogP contribution < -0.4 is 0 Å². The van der Waals surface area contributed by atoms with Gasteiger partial charge in [0.1, 0.15) is 17.3 Å². The highest BCUT2D eigenvalue weighted by molar-refractivity contribution is 6.01. The Morgan fingerprint density at radius 2 is 1.63 bits per heavy atom. The molecule has 0 aromatic heterocycles. The third-order valence-corrected chi connectivity index (χ3v) is 8.76. The van der Waals surface area contributed by atoms with Crippen LogP contribution in [0, 0.1) is 24.7 Å². The maximum absolute atomic E-state index is 13.7. The molecule has 0 saturated heterocycles. The molecule has 4 heteroatoms. The van der Waals surface area contributed by atoms with Gasteiger partial charge in [0, 0.05) is 30.7 Å². The summed E-state index contributed by atoms with van der Waals surface area (Å²) in [4.78, 5) is 51.0. The molecule has 0 aliphatic heterocycles. The van der Waals surface area contributed by atoms with Crippen LogP contribution in [0.3, 0.4) is 0 Å². The predicted molar refractivity (Wildman–Crippen MR) is 178 cm³/mol. The van der Waals surface area contributed by atoms with Crippen molar-refractivity contribution in [3.05, 3.63) is 69.8 Å². The molecule has 236 valence electrons. The molecule has 0 amide bonds. The monoisotopic (exact) mass is 588 g/mol. The minimum absolute atomic E-state index is 0.0124. The Kier molecular flexibility index (Phi) is 15.2. The summed E-state index contributed by atoms with van der Waals surface area (Å²) in [5.74, 6) is 0.935. The van der Waals surface area contributed by atoms with Gasteiger partial charge in [0.2, 0.25) is 0 Å². The average Bonchev–Trinajstić information content (AvgIpc) is 2.93. The number of carbonyl (C=O) groups is 4. The first-order chi connectivity index (χ1) is 20.5. The Bertz CT molecular complexity index is 1220. The molecule has 3 rings (SSSR count). The lowest BCUT2D eigenvalue weighted by molar-refractivity contribution is -0.130. The van der Waals surface area contributed by atoms with Crippen molar-refractivity contribution in [1.29, 1.82) is 0 Å². The lowest BCUT2D eigenvalue weighted by Gasteiger charge is -2.33. The van der Waals surface area contributed by atoms with E-state index >= 15 is 0 Å². The van der Waals surface area contributed by atoms with Crippen molar-refractivity contribution in [2.24, 2.45) is 17.8 Å². The van der Waals surface area contributed by atoms with Gasteiger partial charge >= 0.3 is 0 Å². The first-order valence-electron chi connectivity index (χ1n) is 16.7. The standard InChI is InChI=1S/C36H48O4.C3H8/c1-7-12-29(31(8-2)34(39)17-24(5)37)18-27-20-33-32(23(3)4)22-28(25(6)36(33)35(40)21-27)15-16-30(38)19-26-13-10-9-11-14-26;1-3-2/h9-11,13-14,22-23,27,29,31H,7-8,12,15-21H2,1-6H3;3H2,1-2H3. The van der Waals surface area contributed by atoms with Crippen molar-refractivity contribution >= 4 is 23.1 Å². The van der Waals surface area contributed by atoms with Gasteiger partial charge in [-0.25, -0.2) is 0 Å². The van der Waals surface area contributed by atoms with E-state index in [0.29, 0.717) is 25.7 Å². The van der Waals surface area contributed by atoms with Crippen molar-refractivity contribution in [3.63, 3.8) is 0 Å². The fourth-order valence-electron chi connectivity index (χ4n) is 6.85. The molecule has 43 heavy (non-hydrogen) atoms. The van der Waals surface area contributed by atoms with E-state index in [2.05, 4.69) is 40.7 Å². The second-order valence-corrected chi connectivity index (χ2v) is 13.0. The third-order valence-electron chi connectivity index (χ3n) is 8.76. The van der Waals surface area contributed by atoms with Crippen LogP contribution in [0.5, 0.6) is 0 Å². The Morgan fingerprint density at radius 3 is 2.19 bits per heavy atom. The molecule has 2 aromatic rings. The quantitative estimate of drug-likeness (QED) is 0.194. The van der Waals surface area contributed by atoms with E-state index in [1.54, 1.807) is 0 Å². The molecule has 1 aliphatic carbocycles. The number of carbonyl (C=O) groups excluding carboxylic acids is 4. The van der Waals surface area contributed by atoms with Crippen molar-refractivity contribution in [1.82, 2.24) is 0 Å². The third kappa shape index (κ3) is 10.7. The molecule has 0 spiro atoms. The second kappa shape index (κ2) is 18.0. The lowest BCUT2D eigenvalue weighted by atomic mass is 9.70. The zero-order valence-electron chi connectivity index (χ0n) is 28.2. The summed E-state index contributed by atoms with van der Waals surface area (Å²) in [5, 5.41) is 0. The molecule has 4 nitrogen and oxygen atoms in total. The minimum atomic E-state index is -0.123. The highest BCUT2D eigenvalue weighted by atomic mass is 16.1. The molecular formula is C39H56O4. The van der Waals surface area contributed by atoms with Gasteiger partial charge in [-0.15, -0.1) is 0 Å². The number of rotatable bonds is 15. The van der Waals surface area contributed by atoms with Gasteiger partial charge in [0.25, 0.3) is 0 Å². The van der Waals surface area contributed by atoms with Crippen LogP contribution in [-0.4, -0.2) is 23.1 Å². The van der Waals surface area contributed by atoms with E-state index < -0.39 is 0 Å². The van der Waals surface area contributed by atoms with Crippen molar-refractivity contribution in [2.45, 2.75) is 132 Å². The highest BCUT2D eigenvalue weighted by Gasteiger charge is 2.34. The minimum Gasteiger partial charge on any atom is -0.300 e. The summed E-state index contributed by atoms with van der Waals surface area (Å²) in [5.41, 5.74) is 6.44. The predicted octanol–water partition coefficient (Wildman–Crippen LogP) is 9.41.